The fourth-order valence-electron chi connectivity index (χ4n) is 1.78. The molecular weight excluding hydrogens is 240 g/mol. The average molecular weight is 264 g/mol. The van der Waals surface area contributed by atoms with Crippen molar-refractivity contribution in [1.29, 1.82) is 0 Å². The first-order valence-electron chi connectivity index (χ1n) is 6.58. The minimum Gasteiger partial charge on any atom is -0.293 e. The number of aryl methyl sites for hydroxylation is 1. The molecule has 0 bridgehead atoms. The van der Waals surface area contributed by atoms with Gasteiger partial charge in [-0.05, 0) is 41.7 Å². The molecule has 0 amide bonds. The molecule has 0 saturated carbocycles. The maximum absolute atomic E-state index is 12.2. The average Bonchev–Trinajstić information content (AvgIpc) is 2.28. The van der Waals surface area contributed by atoms with Gasteiger partial charge in [0.05, 0.1) is 5.75 Å². The minimum atomic E-state index is 0.0965. The van der Waals surface area contributed by atoms with Crippen molar-refractivity contribution in [2.45, 2.75) is 46.5 Å². The second kappa shape index (κ2) is 6.42. The van der Waals surface area contributed by atoms with Crippen LogP contribution in [0.1, 0.15) is 55.6 Å². The van der Waals surface area contributed by atoms with E-state index in [-0.39, 0.29) is 11.2 Å². The largest absolute Gasteiger partial charge is 0.293 e. The van der Waals surface area contributed by atoms with Crippen molar-refractivity contribution in [1.82, 2.24) is 0 Å². The molecule has 0 aliphatic heterocycles. The molecule has 0 radical (unpaired) electrons. The van der Waals surface area contributed by atoms with Gasteiger partial charge in [-0.25, -0.2) is 0 Å². The lowest BCUT2D eigenvalue weighted by Crippen LogP contribution is -2.14. The van der Waals surface area contributed by atoms with Crippen LogP contribution in [-0.2, 0) is 5.41 Å². The summed E-state index contributed by atoms with van der Waals surface area (Å²) in [7, 11) is 0. The van der Waals surface area contributed by atoms with Crippen molar-refractivity contribution < 1.29 is 4.79 Å². The van der Waals surface area contributed by atoms with Gasteiger partial charge in [-0.1, -0.05) is 39.8 Å². The van der Waals surface area contributed by atoms with Gasteiger partial charge in [0.25, 0.3) is 0 Å². The van der Waals surface area contributed by atoms with Gasteiger partial charge < -0.3 is 0 Å². The third-order valence-electron chi connectivity index (χ3n) is 2.99. The molecule has 0 aliphatic carbocycles. The van der Waals surface area contributed by atoms with E-state index in [9.17, 15) is 4.79 Å². The van der Waals surface area contributed by atoms with E-state index in [4.69, 9.17) is 0 Å². The number of rotatable bonds is 5. The van der Waals surface area contributed by atoms with Crippen LogP contribution < -0.4 is 0 Å². The summed E-state index contributed by atoms with van der Waals surface area (Å²) in [6, 6.07) is 6.27. The van der Waals surface area contributed by atoms with Crippen molar-refractivity contribution in [2.24, 2.45) is 0 Å². The Hall–Kier alpha value is -0.760. The third-order valence-corrected chi connectivity index (χ3v) is 4.15. The fourth-order valence-corrected chi connectivity index (χ4v) is 2.55. The van der Waals surface area contributed by atoms with Gasteiger partial charge in [-0.15, -0.1) is 0 Å². The Balaban J connectivity index is 2.90. The zero-order valence-corrected chi connectivity index (χ0v) is 13.0. The van der Waals surface area contributed by atoms with Crippen molar-refractivity contribution in [3.05, 3.63) is 34.9 Å². The first-order chi connectivity index (χ1) is 8.36. The SMILES string of the molecule is CCCSCC(=O)c1cc(C(C)(C)C)ccc1C. The van der Waals surface area contributed by atoms with Crippen molar-refractivity contribution in [2.75, 3.05) is 11.5 Å². The molecular formula is C16H24OS. The minimum absolute atomic E-state index is 0.0965. The summed E-state index contributed by atoms with van der Waals surface area (Å²) in [5, 5.41) is 0. The highest BCUT2D eigenvalue weighted by Gasteiger charge is 2.17. The van der Waals surface area contributed by atoms with E-state index < -0.39 is 0 Å². The van der Waals surface area contributed by atoms with E-state index in [1.807, 2.05) is 6.92 Å². The lowest BCUT2D eigenvalue weighted by Gasteiger charge is -2.20. The second-order valence-corrected chi connectivity index (χ2v) is 6.86. The van der Waals surface area contributed by atoms with Crippen molar-refractivity contribution in [3.8, 4) is 0 Å². The molecule has 18 heavy (non-hydrogen) atoms. The number of benzene rings is 1. The van der Waals surface area contributed by atoms with E-state index in [0.717, 1.165) is 23.3 Å². The first-order valence-corrected chi connectivity index (χ1v) is 7.73. The summed E-state index contributed by atoms with van der Waals surface area (Å²) in [5.41, 5.74) is 3.31. The highest BCUT2D eigenvalue weighted by atomic mass is 32.2. The summed E-state index contributed by atoms with van der Waals surface area (Å²) in [6.45, 7) is 10.7. The van der Waals surface area contributed by atoms with Crippen LogP contribution in [0.3, 0.4) is 0 Å². The monoisotopic (exact) mass is 264 g/mol. The van der Waals surface area contributed by atoms with E-state index in [1.165, 1.54) is 5.56 Å². The number of ketones is 1. The lowest BCUT2D eigenvalue weighted by molar-refractivity contribution is 0.102. The molecule has 0 saturated heterocycles. The predicted octanol–water partition coefficient (Wildman–Crippen LogP) is 4.62. The fraction of sp³-hybridized carbons (Fsp3) is 0.562. The molecule has 0 atom stereocenters. The Labute approximate surface area is 115 Å². The Morgan fingerprint density at radius 2 is 1.94 bits per heavy atom. The van der Waals surface area contributed by atoms with Crippen molar-refractivity contribution in [3.63, 3.8) is 0 Å². The lowest BCUT2D eigenvalue weighted by atomic mass is 9.85. The molecule has 2 heteroatoms. The third kappa shape index (κ3) is 4.16. The maximum atomic E-state index is 12.2. The number of thioether (sulfide) groups is 1. The molecule has 1 rings (SSSR count). The van der Waals surface area contributed by atoms with Crippen LogP contribution in [0.15, 0.2) is 18.2 Å². The number of hydrogen-bond acceptors (Lipinski definition) is 2. The summed E-state index contributed by atoms with van der Waals surface area (Å²) in [5.74, 6) is 1.92. The summed E-state index contributed by atoms with van der Waals surface area (Å²) >= 11 is 1.73. The molecule has 0 N–H and O–H groups in total. The van der Waals surface area contributed by atoms with Crippen LogP contribution in [-0.4, -0.2) is 17.3 Å². The van der Waals surface area contributed by atoms with Gasteiger partial charge >= 0.3 is 0 Å². The normalized spacial score (nSPS) is 11.6. The first kappa shape index (κ1) is 15.3. The molecule has 0 spiro atoms. The number of carbonyl (C=O) groups is 1. The Bertz CT molecular complexity index is 416. The molecule has 0 unspecified atom stereocenters. The zero-order chi connectivity index (χ0) is 13.8. The van der Waals surface area contributed by atoms with Crippen molar-refractivity contribution >= 4 is 17.5 Å². The van der Waals surface area contributed by atoms with Crippen LogP contribution >= 0.6 is 11.8 Å². The summed E-state index contributed by atoms with van der Waals surface area (Å²) in [6.07, 6.45) is 1.12. The molecule has 1 nitrogen and oxygen atoms in total. The summed E-state index contributed by atoms with van der Waals surface area (Å²) < 4.78 is 0. The van der Waals surface area contributed by atoms with Crippen LogP contribution in [0, 0.1) is 6.92 Å². The van der Waals surface area contributed by atoms with Gasteiger partial charge in [-0.3, -0.25) is 4.79 Å². The van der Waals surface area contributed by atoms with Gasteiger partial charge in [0.1, 0.15) is 0 Å². The maximum Gasteiger partial charge on any atom is 0.172 e. The quantitative estimate of drug-likeness (QED) is 0.570. The molecule has 0 aliphatic rings. The standard InChI is InChI=1S/C16H24OS/c1-6-9-18-11-15(17)14-10-13(16(3,4)5)8-7-12(14)2/h7-8,10H,6,9,11H2,1-5H3. The molecule has 0 fully saturated rings. The Kier molecular flexibility index (Phi) is 5.46. The van der Waals surface area contributed by atoms with Crippen LogP contribution in [0.25, 0.3) is 0 Å². The summed E-state index contributed by atoms with van der Waals surface area (Å²) in [4.78, 5) is 12.2. The molecule has 0 heterocycles. The predicted molar refractivity (Wildman–Crippen MR) is 81.8 cm³/mol. The molecule has 1 aromatic rings. The molecule has 1 aromatic carbocycles. The van der Waals surface area contributed by atoms with E-state index in [0.29, 0.717) is 5.75 Å². The van der Waals surface area contributed by atoms with Gasteiger partial charge in [0.15, 0.2) is 5.78 Å². The Morgan fingerprint density at radius 3 is 2.50 bits per heavy atom. The zero-order valence-electron chi connectivity index (χ0n) is 12.2. The van der Waals surface area contributed by atoms with Crippen LogP contribution in [0.5, 0.6) is 0 Å². The number of carbonyl (C=O) groups excluding carboxylic acids is 1. The molecule has 100 valence electrons. The van der Waals surface area contributed by atoms with E-state index >= 15 is 0 Å². The number of hydrogen-bond donors (Lipinski definition) is 0. The highest BCUT2D eigenvalue weighted by Crippen LogP contribution is 2.25. The van der Waals surface area contributed by atoms with Gasteiger partial charge in [-0.2, -0.15) is 11.8 Å². The number of Topliss-reactive ketones (excluding diaryl/α,β-unsaturated/α-hetero) is 1. The van der Waals surface area contributed by atoms with Crippen LogP contribution in [0.2, 0.25) is 0 Å². The van der Waals surface area contributed by atoms with Gasteiger partial charge in [0.2, 0.25) is 0 Å². The van der Waals surface area contributed by atoms with E-state index in [1.54, 1.807) is 11.8 Å². The topological polar surface area (TPSA) is 17.1 Å². The second-order valence-electron chi connectivity index (χ2n) is 5.76. The smallest absolute Gasteiger partial charge is 0.172 e. The highest BCUT2D eigenvalue weighted by molar-refractivity contribution is 7.99. The Morgan fingerprint density at radius 1 is 1.28 bits per heavy atom. The van der Waals surface area contributed by atoms with Crippen LogP contribution in [0.4, 0.5) is 0 Å². The molecule has 0 aromatic heterocycles. The van der Waals surface area contributed by atoms with Gasteiger partial charge in [0, 0.05) is 5.56 Å². The van der Waals surface area contributed by atoms with E-state index in [2.05, 4.69) is 45.9 Å².